The van der Waals surface area contributed by atoms with E-state index >= 15 is 0 Å². The van der Waals surface area contributed by atoms with Crippen LogP contribution in [0.3, 0.4) is 0 Å². The van der Waals surface area contributed by atoms with E-state index in [1.165, 1.54) is 0 Å². The summed E-state index contributed by atoms with van der Waals surface area (Å²) < 4.78 is 0. The predicted octanol–water partition coefficient (Wildman–Crippen LogP) is 5.62. The zero-order valence-electron chi connectivity index (χ0n) is 12.9. The zero-order valence-corrected chi connectivity index (χ0v) is 14.4. The molecule has 0 spiro atoms. The number of carbonyl (C=O) groups excluding carboxylic acids is 1. The van der Waals surface area contributed by atoms with Crippen LogP contribution in [0, 0.1) is 6.92 Å². The zero-order chi connectivity index (χ0) is 17.1. The molecule has 0 aliphatic heterocycles. The van der Waals surface area contributed by atoms with Crippen molar-refractivity contribution in [3.05, 3.63) is 82.0 Å². The minimum absolute atomic E-state index is 0.253. The minimum Gasteiger partial charge on any atom is -0.322 e. The highest BCUT2D eigenvalue weighted by atomic mass is 35.5. The Kier molecular flexibility index (Phi) is 4.84. The van der Waals surface area contributed by atoms with Crippen molar-refractivity contribution < 1.29 is 4.79 Å². The first-order valence-electron chi connectivity index (χ1n) is 7.33. The van der Waals surface area contributed by atoms with Gasteiger partial charge >= 0.3 is 0 Å². The monoisotopic (exact) mass is 356 g/mol. The van der Waals surface area contributed by atoms with E-state index in [-0.39, 0.29) is 5.91 Å². The number of nitrogens with one attached hydrogen (secondary N) is 1. The molecule has 3 nitrogen and oxygen atoms in total. The van der Waals surface area contributed by atoms with Crippen molar-refractivity contribution in [2.75, 3.05) is 5.32 Å². The molecule has 0 unspecified atom stereocenters. The third-order valence-corrected chi connectivity index (χ3v) is 4.36. The number of nitrogens with zero attached hydrogens (tertiary/aromatic N) is 1. The maximum absolute atomic E-state index is 12.3. The van der Waals surface area contributed by atoms with Crippen molar-refractivity contribution in [3.8, 4) is 11.3 Å². The van der Waals surface area contributed by atoms with Crippen LogP contribution in [0.25, 0.3) is 11.3 Å². The van der Waals surface area contributed by atoms with Gasteiger partial charge in [0.1, 0.15) is 0 Å². The lowest BCUT2D eigenvalue weighted by Crippen LogP contribution is -2.12. The Hall–Kier alpha value is -2.36. The molecule has 0 atom stereocenters. The average Bonchev–Trinajstić information content (AvgIpc) is 2.59. The van der Waals surface area contributed by atoms with Crippen LogP contribution in [0.5, 0.6) is 0 Å². The Balaban J connectivity index is 1.79. The van der Waals surface area contributed by atoms with E-state index in [0.29, 0.717) is 21.3 Å². The number of benzene rings is 2. The quantitative estimate of drug-likeness (QED) is 0.661. The van der Waals surface area contributed by atoms with Crippen molar-refractivity contribution in [3.63, 3.8) is 0 Å². The summed E-state index contributed by atoms with van der Waals surface area (Å²) in [7, 11) is 0. The van der Waals surface area contributed by atoms with E-state index in [1.54, 1.807) is 30.5 Å². The van der Waals surface area contributed by atoms with Crippen LogP contribution in [0.2, 0.25) is 10.0 Å². The van der Waals surface area contributed by atoms with Gasteiger partial charge in [-0.25, -0.2) is 0 Å². The second kappa shape index (κ2) is 7.04. The first kappa shape index (κ1) is 16.5. The molecule has 0 aliphatic carbocycles. The molecule has 0 bridgehead atoms. The van der Waals surface area contributed by atoms with E-state index in [4.69, 9.17) is 23.2 Å². The number of anilines is 1. The van der Waals surface area contributed by atoms with E-state index in [9.17, 15) is 4.79 Å². The maximum Gasteiger partial charge on any atom is 0.257 e. The van der Waals surface area contributed by atoms with Crippen LogP contribution < -0.4 is 5.32 Å². The van der Waals surface area contributed by atoms with Gasteiger partial charge in [0.25, 0.3) is 5.91 Å². The van der Waals surface area contributed by atoms with Gasteiger partial charge in [0.15, 0.2) is 0 Å². The van der Waals surface area contributed by atoms with E-state index in [2.05, 4.69) is 10.3 Å². The van der Waals surface area contributed by atoms with Crippen LogP contribution in [0.15, 0.2) is 60.8 Å². The van der Waals surface area contributed by atoms with Gasteiger partial charge in [0.05, 0.1) is 21.3 Å². The average molecular weight is 357 g/mol. The molecule has 1 amide bonds. The highest BCUT2D eigenvalue weighted by Gasteiger charge is 2.09. The number of halogens is 2. The molecule has 120 valence electrons. The minimum atomic E-state index is -0.253. The normalized spacial score (nSPS) is 10.5. The van der Waals surface area contributed by atoms with Crippen LogP contribution in [0.4, 0.5) is 5.69 Å². The van der Waals surface area contributed by atoms with Gasteiger partial charge in [-0.15, -0.1) is 0 Å². The number of hydrogen-bond acceptors (Lipinski definition) is 2. The van der Waals surface area contributed by atoms with Gasteiger partial charge in [-0.2, -0.15) is 0 Å². The summed E-state index contributed by atoms with van der Waals surface area (Å²) in [6.45, 7) is 2.03. The van der Waals surface area contributed by atoms with Gasteiger partial charge < -0.3 is 5.32 Å². The molecule has 0 radical (unpaired) electrons. The van der Waals surface area contributed by atoms with Gasteiger partial charge in [-0.3, -0.25) is 9.78 Å². The summed E-state index contributed by atoms with van der Waals surface area (Å²) in [6.07, 6.45) is 1.56. The molecule has 1 heterocycles. The lowest BCUT2D eigenvalue weighted by Gasteiger charge is -2.08. The van der Waals surface area contributed by atoms with Crippen molar-refractivity contribution in [2.24, 2.45) is 0 Å². The van der Waals surface area contributed by atoms with E-state index in [0.717, 1.165) is 16.8 Å². The second-order valence-electron chi connectivity index (χ2n) is 5.33. The third-order valence-electron chi connectivity index (χ3n) is 3.62. The lowest BCUT2D eigenvalue weighted by atomic mass is 10.0. The highest BCUT2D eigenvalue weighted by Crippen LogP contribution is 2.25. The number of aromatic nitrogens is 1. The molecule has 0 fully saturated rings. The number of amides is 1. The molecule has 3 aromatic rings. The summed E-state index contributed by atoms with van der Waals surface area (Å²) >= 11 is 11.8. The molecule has 3 rings (SSSR count). The Morgan fingerprint density at radius 3 is 2.46 bits per heavy atom. The van der Waals surface area contributed by atoms with Gasteiger partial charge in [-0.1, -0.05) is 47.5 Å². The molecular weight excluding hydrogens is 343 g/mol. The number of pyridine rings is 1. The molecule has 0 saturated heterocycles. The van der Waals surface area contributed by atoms with Crippen molar-refractivity contribution in [2.45, 2.75) is 6.92 Å². The summed E-state index contributed by atoms with van der Waals surface area (Å²) in [4.78, 5) is 16.7. The van der Waals surface area contributed by atoms with Crippen LogP contribution in [-0.2, 0) is 0 Å². The predicted molar refractivity (Wildman–Crippen MR) is 98.8 cm³/mol. The third kappa shape index (κ3) is 3.58. The van der Waals surface area contributed by atoms with Crippen molar-refractivity contribution in [1.82, 2.24) is 4.98 Å². The molecule has 2 aromatic carbocycles. The second-order valence-corrected chi connectivity index (χ2v) is 6.14. The van der Waals surface area contributed by atoms with Gasteiger partial charge in [0.2, 0.25) is 0 Å². The fourth-order valence-corrected chi connectivity index (χ4v) is 2.62. The molecule has 0 aliphatic rings. The summed E-state index contributed by atoms with van der Waals surface area (Å²) in [5.41, 5.74) is 4.07. The van der Waals surface area contributed by atoms with Crippen molar-refractivity contribution in [1.29, 1.82) is 0 Å². The topological polar surface area (TPSA) is 42.0 Å². The molecule has 5 heteroatoms. The molecule has 1 N–H and O–H groups in total. The lowest BCUT2D eigenvalue weighted by molar-refractivity contribution is 0.102. The van der Waals surface area contributed by atoms with Gasteiger partial charge in [0, 0.05) is 17.4 Å². The fraction of sp³-hybridized carbons (Fsp3) is 0.0526. The first-order chi connectivity index (χ1) is 11.5. The van der Waals surface area contributed by atoms with Crippen LogP contribution >= 0.6 is 23.2 Å². The number of aryl methyl sites for hydroxylation is 1. The van der Waals surface area contributed by atoms with Gasteiger partial charge in [-0.05, 0) is 42.8 Å². The highest BCUT2D eigenvalue weighted by molar-refractivity contribution is 6.42. The fourth-order valence-electron chi connectivity index (χ4n) is 2.32. The largest absolute Gasteiger partial charge is 0.322 e. The Labute approximate surface area is 150 Å². The molecule has 0 saturated carbocycles. The Bertz CT molecular complexity index is 892. The summed E-state index contributed by atoms with van der Waals surface area (Å²) in [6, 6.07) is 16.5. The Morgan fingerprint density at radius 1 is 1.00 bits per heavy atom. The number of hydrogen-bond donors (Lipinski definition) is 1. The first-order valence-corrected chi connectivity index (χ1v) is 8.08. The van der Waals surface area contributed by atoms with E-state index < -0.39 is 0 Å². The molecule has 1 aromatic heterocycles. The van der Waals surface area contributed by atoms with Crippen molar-refractivity contribution >= 4 is 34.8 Å². The molecule has 24 heavy (non-hydrogen) atoms. The number of rotatable bonds is 3. The smallest absolute Gasteiger partial charge is 0.257 e. The summed E-state index contributed by atoms with van der Waals surface area (Å²) in [5.74, 6) is -0.253. The van der Waals surface area contributed by atoms with Crippen LogP contribution in [0.1, 0.15) is 15.9 Å². The van der Waals surface area contributed by atoms with E-state index in [1.807, 2.05) is 37.3 Å². The SMILES string of the molecule is Cc1ccccc1-c1ccc(C(=O)Nc2ccc(Cl)c(Cl)c2)cn1. The van der Waals surface area contributed by atoms with Crippen LogP contribution in [-0.4, -0.2) is 10.9 Å². The summed E-state index contributed by atoms with van der Waals surface area (Å²) in [5, 5.41) is 3.61. The maximum atomic E-state index is 12.3. The Morgan fingerprint density at radius 2 is 1.79 bits per heavy atom. The standard InChI is InChI=1S/C19H14Cl2N2O/c1-12-4-2-3-5-15(12)18-9-6-13(11-22-18)19(24)23-14-7-8-16(20)17(21)10-14/h2-11H,1H3,(H,23,24). The number of carbonyl (C=O) groups is 1. The molecular formula is C19H14Cl2N2O.